The monoisotopic (exact) mass is 144 g/mol. The van der Waals surface area contributed by atoms with Crippen molar-refractivity contribution >= 4 is 5.78 Å². The van der Waals surface area contributed by atoms with Crippen LogP contribution in [0.4, 0.5) is 0 Å². The summed E-state index contributed by atoms with van der Waals surface area (Å²) >= 11 is 0. The summed E-state index contributed by atoms with van der Waals surface area (Å²) in [7, 11) is 0. The highest BCUT2D eigenvalue weighted by Gasteiger charge is 2.24. The SMILES string of the molecule is O=C(CCCO)CC1CO1. The van der Waals surface area contributed by atoms with Crippen LogP contribution in [0.15, 0.2) is 0 Å². The Hall–Kier alpha value is -0.410. The first-order chi connectivity index (χ1) is 4.83. The van der Waals surface area contributed by atoms with E-state index in [1.807, 2.05) is 0 Å². The molecule has 10 heavy (non-hydrogen) atoms. The summed E-state index contributed by atoms with van der Waals surface area (Å²) in [4.78, 5) is 10.9. The molecule has 1 rings (SSSR count). The molecule has 0 bridgehead atoms. The van der Waals surface area contributed by atoms with Crippen molar-refractivity contribution in [2.24, 2.45) is 0 Å². The summed E-state index contributed by atoms with van der Waals surface area (Å²) in [5.74, 6) is 0.205. The van der Waals surface area contributed by atoms with E-state index in [1.165, 1.54) is 0 Å². The molecule has 3 heteroatoms. The molecular weight excluding hydrogens is 132 g/mol. The second-order valence-corrected chi connectivity index (χ2v) is 2.53. The zero-order valence-corrected chi connectivity index (χ0v) is 5.88. The van der Waals surface area contributed by atoms with E-state index in [1.54, 1.807) is 0 Å². The van der Waals surface area contributed by atoms with Gasteiger partial charge in [0.1, 0.15) is 5.78 Å². The van der Waals surface area contributed by atoms with Crippen molar-refractivity contribution in [3.8, 4) is 0 Å². The maximum absolute atomic E-state index is 10.9. The Bertz CT molecular complexity index is 118. The Labute approximate surface area is 60.0 Å². The number of epoxide rings is 1. The molecular formula is C7H12O3. The van der Waals surface area contributed by atoms with E-state index >= 15 is 0 Å². The molecule has 1 heterocycles. The number of aliphatic hydroxyl groups is 1. The molecule has 0 aromatic rings. The molecule has 1 aliphatic heterocycles. The highest BCUT2D eigenvalue weighted by atomic mass is 16.6. The van der Waals surface area contributed by atoms with Crippen molar-refractivity contribution in [1.82, 2.24) is 0 Å². The molecule has 0 spiro atoms. The number of aliphatic hydroxyl groups excluding tert-OH is 1. The lowest BCUT2D eigenvalue weighted by Gasteiger charge is -1.93. The van der Waals surface area contributed by atoms with Gasteiger partial charge in [0.25, 0.3) is 0 Å². The third-order valence-corrected chi connectivity index (χ3v) is 1.47. The smallest absolute Gasteiger partial charge is 0.135 e. The molecule has 1 atom stereocenters. The van der Waals surface area contributed by atoms with Gasteiger partial charge in [0.2, 0.25) is 0 Å². The van der Waals surface area contributed by atoms with Crippen molar-refractivity contribution in [3.63, 3.8) is 0 Å². The summed E-state index contributed by atoms with van der Waals surface area (Å²) < 4.78 is 4.88. The number of hydrogen-bond acceptors (Lipinski definition) is 3. The fourth-order valence-electron chi connectivity index (χ4n) is 0.818. The number of hydrogen-bond donors (Lipinski definition) is 1. The largest absolute Gasteiger partial charge is 0.396 e. The normalized spacial score (nSPS) is 22.7. The predicted octanol–water partition coefficient (Wildman–Crippen LogP) is 0.117. The van der Waals surface area contributed by atoms with Crippen molar-refractivity contribution in [2.75, 3.05) is 13.2 Å². The minimum Gasteiger partial charge on any atom is -0.396 e. The average molecular weight is 144 g/mol. The fraction of sp³-hybridized carbons (Fsp3) is 0.857. The molecule has 0 radical (unpaired) electrons. The van der Waals surface area contributed by atoms with Crippen LogP contribution in [0.1, 0.15) is 19.3 Å². The van der Waals surface area contributed by atoms with E-state index in [9.17, 15) is 4.79 Å². The van der Waals surface area contributed by atoms with Gasteiger partial charge in [-0.15, -0.1) is 0 Å². The van der Waals surface area contributed by atoms with E-state index in [2.05, 4.69) is 0 Å². The Kier molecular flexibility index (Phi) is 2.83. The Morgan fingerprint density at radius 1 is 1.70 bits per heavy atom. The van der Waals surface area contributed by atoms with Gasteiger partial charge in [0, 0.05) is 19.4 Å². The van der Waals surface area contributed by atoms with Crippen molar-refractivity contribution in [2.45, 2.75) is 25.4 Å². The molecule has 1 N–H and O–H groups in total. The first-order valence-corrected chi connectivity index (χ1v) is 3.57. The standard InChI is InChI=1S/C7H12O3/c8-3-1-2-6(9)4-7-5-10-7/h7-8H,1-5H2. The average Bonchev–Trinajstić information content (AvgIpc) is 2.67. The zero-order valence-electron chi connectivity index (χ0n) is 5.88. The molecule has 58 valence electrons. The highest BCUT2D eigenvalue weighted by Crippen LogP contribution is 2.14. The van der Waals surface area contributed by atoms with Crippen molar-refractivity contribution < 1.29 is 14.6 Å². The van der Waals surface area contributed by atoms with Crippen molar-refractivity contribution in [3.05, 3.63) is 0 Å². The molecule has 0 aromatic heterocycles. The van der Waals surface area contributed by atoms with Crippen molar-refractivity contribution in [1.29, 1.82) is 0 Å². The van der Waals surface area contributed by atoms with Gasteiger partial charge in [-0.25, -0.2) is 0 Å². The molecule has 1 fully saturated rings. The van der Waals surface area contributed by atoms with Crippen LogP contribution in [-0.2, 0) is 9.53 Å². The minimum absolute atomic E-state index is 0.108. The molecule has 3 nitrogen and oxygen atoms in total. The number of ketones is 1. The molecule has 0 aliphatic carbocycles. The topological polar surface area (TPSA) is 49.8 Å². The minimum atomic E-state index is 0.108. The van der Waals surface area contributed by atoms with Crippen LogP contribution in [0.5, 0.6) is 0 Å². The number of Topliss-reactive ketones (excluding diaryl/α,β-unsaturated/α-hetero) is 1. The maximum Gasteiger partial charge on any atom is 0.135 e. The van der Waals surface area contributed by atoms with Gasteiger partial charge >= 0.3 is 0 Å². The predicted molar refractivity (Wildman–Crippen MR) is 35.7 cm³/mol. The summed E-state index contributed by atoms with van der Waals surface area (Å²) in [6.07, 6.45) is 1.83. The number of ether oxygens (including phenoxy) is 1. The molecule has 1 aliphatic rings. The molecule has 1 unspecified atom stereocenters. The lowest BCUT2D eigenvalue weighted by atomic mass is 10.1. The Morgan fingerprint density at radius 2 is 2.40 bits per heavy atom. The Balaban J connectivity index is 1.97. The van der Waals surface area contributed by atoms with Crippen LogP contribution in [0.2, 0.25) is 0 Å². The van der Waals surface area contributed by atoms with Gasteiger partial charge < -0.3 is 9.84 Å². The van der Waals surface area contributed by atoms with Crippen LogP contribution in [0.3, 0.4) is 0 Å². The molecule has 0 amide bonds. The van der Waals surface area contributed by atoms with E-state index in [4.69, 9.17) is 9.84 Å². The number of rotatable bonds is 5. The van der Waals surface area contributed by atoms with Crippen LogP contribution in [-0.4, -0.2) is 30.2 Å². The first-order valence-electron chi connectivity index (χ1n) is 3.57. The maximum atomic E-state index is 10.9. The fourth-order valence-corrected chi connectivity index (χ4v) is 0.818. The zero-order chi connectivity index (χ0) is 7.40. The second-order valence-electron chi connectivity index (χ2n) is 2.53. The quantitative estimate of drug-likeness (QED) is 0.557. The Morgan fingerprint density at radius 3 is 2.90 bits per heavy atom. The molecule has 1 saturated heterocycles. The van der Waals surface area contributed by atoms with E-state index in [0.717, 1.165) is 6.61 Å². The number of carbonyl (C=O) groups excluding carboxylic acids is 1. The molecule has 0 aromatic carbocycles. The van der Waals surface area contributed by atoms with Gasteiger partial charge in [-0.05, 0) is 6.42 Å². The van der Waals surface area contributed by atoms with Gasteiger partial charge in [0.05, 0.1) is 12.7 Å². The third-order valence-electron chi connectivity index (χ3n) is 1.47. The van der Waals surface area contributed by atoms with Crippen LogP contribution >= 0.6 is 0 Å². The lowest BCUT2D eigenvalue weighted by Crippen LogP contribution is -2.02. The van der Waals surface area contributed by atoms with Gasteiger partial charge in [-0.1, -0.05) is 0 Å². The summed E-state index contributed by atoms with van der Waals surface area (Å²) in [5, 5.41) is 8.38. The first kappa shape index (κ1) is 7.69. The van der Waals surface area contributed by atoms with Gasteiger partial charge in [-0.2, -0.15) is 0 Å². The van der Waals surface area contributed by atoms with Crippen LogP contribution < -0.4 is 0 Å². The molecule has 0 saturated carbocycles. The van der Waals surface area contributed by atoms with Crippen LogP contribution in [0, 0.1) is 0 Å². The lowest BCUT2D eigenvalue weighted by molar-refractivity contribution is -0.119. The summed E-state index contributed by atoms with van der Waals surface area (Å²) in [6, 6.07) is 0. The van der Waals surface area contributed by atoms with E-state index in [0.29, 0.717) is 19.3 Å². The highest BCUT2D eigenvalue weighted by molar-refractivity contribution is 5.79. The van der Waals surface area contributed by atoms with Gasteiger partial charge in [0.15, 0.2) is 0 Å². The van der Waals surface area contributed by atoms with Crippen LogP contribution in [0.25, 0.3) is 0 Å². The third kappa shape index (κ3) is 2.94. The summed E-state index contributed by atoms with van der Waals surface area (Å²) in [6.45, 7) is 0.849. The summed E-state index contributed by atoms with van der Waals surface area (Å²) in [5.41, 5.74) is 0. The second kappa shape index (κ2) is 3.68. The van der Waals surface area contributed by atoms with Gasteiger partial charge in [-0.3, -0.25) is 4.79 Å². The van der Waals surface area contributed by atoms with E-state index in [-0.39, 0.29) is 18.5 Å². The number of carbonyl (C=O) groups is 1. The van der Waals surface area contributed by atoms with E-state index < -0.39 is 0 Å².